The first-order valence-corrected chi connectivity index (χ1v) is 14.5. The van der Waals surface area contributed by atoms with E-state index in [1.807, 2.05) is 42.5 Å². The molecule has 8 heteroatoms. The zero-order valence-corrected chi connectivity index (χ0v) is 23.6. The van der Waals surface area contributed by atoms with Gasteiger partial charge in [-0.15, -0.1) is 0 Å². The Morgan fingerprint density at radius 1 is 0.927 bits per heavy atom. The number of aliphatic hydroxyl groups excluding tert-OH is 1. The number of hydrogen-bond donors (Lipinski definition) is 3. The molecule has 2 amide bonds. The molecule has 3 aliphatic rings. The van der Waals surface area contributed by atoms with Gasteiger partial charge in [-0.05, 0) is 53.8 Å². The van der Waals surface area contributed by atoms with Crippen LogP contribution in [-0.2, 0) is 27.3 Å². The molecule has 0 saturated carbocycles. The third-order valence-electron chi connectivity index (χ3n) is 9.01. The highest BCUT2D eigenvalue weighted by atomic mass is 16.6. The number of aliphatic hydroxyl groups is 1. The van der Waals surface area contributed by atoms with Crippen LogP contribution in [0.3, 0.4) is 0 Å². The number of quaternary nitrogens is 1. The standard InChI is InChI=1S/C33H37N3O5/c1-36(2)28-18-25(19-29(36)32-31(28)41-32)40-33(39)35-27-16-13-21(17-26(27)23-8-4-3-5-9-23)7-6-10-30(38)34-24-14-11-22(20-37)12-15-24/h3-5,8-9,11-17,25,28-29,31-32,37H,6-7,10,18-20H2,1-2H3,(H-,34,35,38,39)/p+1/t25-,28-,29+,31-,32+. The lowest BCUT2D eigenvalue weighted by Gasteiger charge is -2.45. The van der Waals surface area contributed by atoms with Crippen LogP contribution in [0.2, 0.25) is 0 Å². The van der Waals surface area contributed by atoms with E-state index in [2.05, 4.69) is 30.8 Å². The molecule has 3 aromatic rings. The van der Waals surface area contributed by atoms with Gasteiger partial charge < -0.3 is 24.4 Å². The van der Waals surface area contributed by atoms with Crippen molar-refractivity contribution in [3.8, 4) is 11.1 Å². The summed E-state index contributed by atoms with van der Waals surface area (Å²) in [6, 6.07) is 23.9. The number of fused-ring (bicyclic) bond motifs is 5. The number of piperidine rings is 1. The Balaban J connectivity index is 1.07. The van der Waals surface area contributed by atoms with E-state index in [0.717, 1.165) is 51.7 Å². The Morgan fingerprint density at radius 3 is 2.29 bits per heavy atom. The van der Waals surface area contributed by atoms with Crippen molar-refractivity contribution >= 4 is 23.4 Å². The predicted molar refractivity (Wildman–Crippen MR) is 157 cm³/mol. The lowest BCUT2D eigenvalue weighted by atomic mass is 9.96. The van der Waals surface area contributed by atoms with Gasteiger partial charge in [0, 0.05) is 30.5 Å². The number of benzene rings is 3. The minimum atomic E-state index is -0.426. The fourth-order valence-corrected chi connectivity index (χ4v) is 6.67. The first kappa shape index (κ1) is 27.4. The highest BCUT2D eigenvalue weighted by Gasteiger charge is 2.70. The zero-order valence-electron chi connectivity index (χ0n) is 23.6. The van der Waals surface area contributed by atoms with Gasteiger partial charge in [-0.25, -0.2) is 4.79 Å². The van der Waals surface area contributed by atoms with Crippen LogP contribution < -0.4 is 10.6 Å². The summed E-state index contributed by atoms with van der Waals surface area (Å²) in [6.45, 7) is -0.0233. The molecule has 5 atom stereocenters. The Labute approximate surface area is 240 Å². The van der Waals surface area contributed by atoms with Crippen molar-refractivity contribution in [3.63, 3.8) is 0 Å². The summed E-state index contributed by atoms with van der Waals surface area (Å²) >= 11 is 0. The number of rotatable bonds is 9. The van der Waals surface area contributed by atoms with Gasteiger partial charge in [-0.1, -0.05) is 48.5 Å². The lowest BCUT2D eigenvalue weighted by Crippen LogP contribution is -2.60. The zero-order chi connectivity index (χ0) is 28.6. The minimum Gasteiger partial charge on any atom is -0.445 e. The van der Waals surface area contributed by atoms with Gasteiger partial charge in [0.05, 0.1) is 26.4 Å². The molecule has 41 heavy (non-hydrogen) atoms. The number of nitrogens with one attached hydrogen (secondary N) is 2. The predicted octanol–water partition coefficient (Wildman–Crippen LogP) is 5.11. The third-order valence-corrected chi connectivity index (χ3v) is 9.01. The van der Waals surface area contributed by atoms with E-state index in [-0.39, 0.29) is 18.6 Å². The minimum absolute atomic E-state index is 0.0233. The molecule has 2 bridgehead atoms. The Morgan fingerprint density at radius 2 is 1.61 bits per heavy atom. The molecular formula is C33H38N3O5+. The second-order valence-electron chi connectivity index (χ2n) is 12.0. The molecule has 0 unspecified atom stereocenters. The highest BCUT2D eigenvalue weighted by molar-refractivity contribution is 5.92. The number of ether oxygens (including phenoxy) is 2. The average Bonchev–Trinajstić information content (AvgIpc) is 3.73. The van der Waals surface area contributed by atoms with E-state index >= 15 is 0 Å². The smallest absolute Gasteiger partial charge is 0.411 e. The number of amides is 2. The van der Waals surface area contributed by atoms with Crippen molar-refractivity contribution in [3.05, 3.63) is 83.9 Å². The molecular weight excluding hydrogens is 518 g/mol. The van der Waals surface area contributed by atoms with Gasteiger partial charge in [0.1, 0.15) is 30.4 Å². The van der Waals surface area contributed by atoms with Crippen LogP contribution in [0.5, 0.6) is 0 Å². The van der Waals surface area contributed by atoms with Gasteiger partial charge in [-0.2, -0.15) is 0 Å². The fraction of sp³-hybridized carbons (Fsp3) is 0.394. The second-order valence-corrected chi connectivity index (χ2v) is 12.0. The maximum absolute atomic E-state index is 13.0. The Hall–Kier alpha value is -3.72. The number of nitrogens with zero attached hydrogens (tertiary/aromatic N) is 1. The SMILES string of the molecule is C[N+]1(C)[C@@H]2C[C@@H](OC(=O)Nc3ccc(CCCC(=O)Nc4ccc(CO)cc4)cc3-c3ccccc3)C[C@H]1[C@@H]1O[C@@H]12. The van der Waals surface area contributed by atoms with Crippen LogP contribution in [-0.4, -0.2) is 66.1 Å². The average molecular weight is 557 g/mol. The number of epoxide rings is 1. The third kappa shape index (κ3) is 5.86. The highest BCUT2D eigenvalue weighted by Crippen LogP contribution is 2.51. The normalized spacial score (nSPS) is 25.2. The van der Waals surface area contributed by atoms with Gasteiger partial charge in [0.25, 0.3) is 0 Å². The summed E-state index contributed by atoms with van der Waals surface area (Å²) in [5, 5.41) is 15.1. The van der Waals surface area contributed by atoms with Gasteiger partial charge in [0.2, 0.25) is 5.91 Å². The maximum atomic E-state index is 13.0. The quantitative estimate of drug-likeness (QED) is 0.251. The van der Waals surface area contributed by atoms with E-state index in [9.17, 15) is 14.7 Å². The fourth-order valence-electron chi connectivity index (χ4n) is 6.67. The number of carbonyl (C=O) groups excluding carboxylic acids is 2. The summed E-state index contributed by atoms with van der Waals surface area (Å²) in [6.07, 6.45) is 3.55. The number of aryl methyl sites for hydroxylation is 1. The summed E-state index contributed by atoms with van der Waals surface area (Å²) in [5.41, 5.74) is 5.24. The number of likely N-dealkylation sites (N-methyl/N-ethyl adjacent to an activating group) is 1. The molecule has 0 spiro atoms. The molecule has 0 radical (unpaired) electrons. The summed E-state index contributed by atoms with van der Waals surface area (Å²) < 4.78 is 12.7. The van der Waals surface area contributed by atoms with Gasteiger partial charge in [-0.3, -0.25) is 10.1 Å². The van der Waals surface area contributed by atoms with Crippen LogP contribution in [0.4, 0.5) is 16.2 Å². The first-order valence-electron chi connectivity index (χ1n) is 14.5. The van der Waals surface area contributed by atoms with Crippen molar-refractivity contribution in [1.29, 1.82) is 0 Å². The number of hydrogen-bond acceptors (Lipinski definition) is 5. The number of anilines is 2. The van der Waals surface area contributed by atoms with Crippen molar-refractivity contribution in [2.24, 2.45) is 0 Å². The Bertz CT molecular complexity index is 1390. The van der Waals surface area contributed by atoms with Gasteiger partial charge in [0.15, 0.2) is 0 Å². The van der Waals surface area contributed by atoms with Crippen LogP contribution >= 0.6 is 0 Å². The molecule has 8 nitrogen and oxygen atoms in total. The molecule has 3 N–H and O–H groups in total. The van der Waals surface area contributed by atoms with E-state index in [1.165, 1.54) is 0 Å². The largest absolute Gasteiger partial charge is 0.445 e. The molecule has 3 aliphatic heterocycles. The van der Waals surface area contributed by atoms with E-state index in [4.69, 9.17) is 9.47 Å². The van der Waals surface area contributed by atoms with Crippen LogP contribution in [0.1, 0.15) is 36.8 Å². The topological polar surface area (TPSA) is 100 Å². The second kappa shape index (κ2) is 11.3. The molecule has 3 fully saturated rings. The Kier molecular flexibility index (Phi) is 7.55. The number of carbonyl (C=O) groups is 2. The van der Waals surface area contributed by atoms with Crippen molar-refractivity contribution < 1.29 is 28.7 Å². The number of morpholine rings is 1. The molecule has 3 heterocycles. The molecule has 3 aromatic carbocycles. The molecule has 0 aliphatic carbocycles. The van der Waals surface area contributed by atoms with Crippen molar-refractivity contribution in [2.45, 2.75) is 69.1 Å². The maximum Gasteiger partial charge on any atom is 0.411 e. The molecule has 214 valence electrons. The summed E-state index contributed by atoms with van der Waals surface area (Å²) in [4.78, 5) is 25.5. The summed E-state index contributed by atoms with van der Waals surface area (Å²) in [7, 11) is 4.53. The van der Waals surface area contributed by atoms with Crippen molar-refractivity contribution in [2.75, 3.05) is 24.7 Å². The summed E-state index contributed by atoms with van der Waals surface area (Å²) in [5.74, 6) is -0.0479. The van der Waals surface area contributed by atoms with Crippen LogP contribution in [0.25, 0.3) is 11.1 Å². The van der Waals surface area contributed by atoms with Crippen LogP contribution in [0.15, 0.2) is 72.8 Å². The van der Waals surface area contributed by atoms with Crippen molar-refractivity contribution in [1.82, 2.24) is 0 Å². The van der Waals surface area contributed by atoms with Crippen LogP contribution in [0, 0.1) is 0 Å². The van der Waals surface area contributed by atoms with Gasteiger partial charge >= 0.3 is 6.09 Å². The first-order chi connectivity index (χ1) is 19.8. The molecule has 0 aromatic heterocycles. The monoisotopic (exact) mass is 556 g/mol. The lowest BCUT2D eigenvalue weighted by molar-refractivity contribution is -0.938. The molecule has 3 saturated heterocycles. The van der Waals surface area contributed by atoms with E-state index in [0.29, 0.717) is 42.8 Å². The molecule has 6 rings (SSSR count). The van der Waals surface area contributed by atoms with E-state index < -0.39 is 6.09 Å². The van der Waals surface area contributed by atoms with E-state index in [1.54, 1.807) is 24.3 Å².